The molecule has 0 unspecified atom stereocenters. The molecule has 0 radical (unpaired) electrons. The fraction of sp³-hybridized carbons (Fsp3) is 0.0159. The number of aromatic nitrogens is 2. The monoisotopic (exact) mass is 980 g/mol. The number of rotatable bonds is 6. The molecule has 10 nitrogen and oxygen atoms in total. The van der Waals surface area contributed by atoms with Gasteiger partial charge in [0, 0.05) is 43.8 Å². The number of halogens is 3. The van der Waals surface area contributed by atoms with Crippen LogP contribution in [0.5, 0.6) is 0 Å². The molecular formula is C63H27F3N10. The van der Waals surface area contributed by atoms with E-state index in [9.17, 15) is 55.3 Å². The summed E-state index contributed by atoms with van der Waals surface area (Å²) in [4.78, 5) is 0. The summed E-state index contributed by atoms with van der Waals surface area (Å²) in [6.45, 7) is 0. The molecule has 0 aliphatic rings. The van der Waals surface area contributed by atoms with E-state index in [-0.39, 0.29) is 44.5 Å². The highest BCUT2D eigenvalue weighted by molar-refractivity contribution is 6.13. The lowest BCUT2D eigenvalue weighted by atomic mass is 9.92. The van der Waals surface area contributed by atoms with Crippen molar-refractivity contribution in [2.24, 2.45) is 0 Å². The van der Waals surface area contributed by atoms with E-state index in [0.29, 0.717) is 66.9 Å². The molecule has 0 aliphatic heterocycles. The summed E-state index contributed by atoms with van der Waals surface area (Å²) in [5.74, 6) is 0. The Kier molecular flexibility index (Phi) is 11.1. The highest BCUT2D eigenvalue weighted by Crippen LogP contribution is 2.45. The largest absolute Gasteiger partial charge is 0.416 e. The lowest BCUT2D eigenvalue weighted by Gasteiger charge is -2.20. The van der Waals surface area contributed by atoms with Crippen molar-refractivity contribution in [1.29, 1.82) is 42.1 Å². The van der Waals surface area contributed by atoms with Crippen LogP contribution in [-0.2, 0) is 6.18 Å². The normalized spacial score (nSPS) is 11.0. The summed E-state index contributed by atoms with van der Waals surface area (Å²) in [5.41, 5.74) is 7.71. The van der Waals surface area contributed by atoms with E-state index in [1.54, 1.807) is 30.3 Å². The van der Waals surface area contributed by atoms with Gasteiger partial charge in [0.15, 0.2) is 0 Å². The van der Waals surface area contributed by atoms with Crippen LogP contribution in [0.15, 0.2) is 164 Å². The third-order valence-electron chi connectivity index (χ3n) is 13.6. The molecular weight excluding hydrogens is 954 g/mol. The van der Waals surface area contributed by atoms with E-state index in [0.717, 1.165) is 44.7 Å². The van der Waals surface area contributed by atoms with Crippen molar-refractivity contribution >= 4 is 43.6 Å². The van der Waals surface area contributed by atoms with Crippen molar-refractivity contribution < 1.29 is 13.2 Å². The second-order valence-electron chi connectivity index (χ2n) is 17.7. The van der Waals surface area contributed by atoms with E-state index < -0.39 is 11.7 Å². The van der Waals surface area contributed by atoms with Crippen LogP contribution in [0, 0.1) is 90.6 Å². The van der Waals surface area contributed by atoms with Gasteiger partial charge in [-0.3, -0.25) is 0 Å². The summed E-state index contributed by atoms with van der Waals surface area (Å²) in [5, 5.41) is 84.3. The smallest absolute Gasteiger partial charge is 0.309 e. The number of fused-ring (bicyclic) bond motifs is 6. The number of hydrogen-bond donors (Lipinski definition) is 0. The van der Waals surface area contributed by atoms with Crippen molar-refractivity contribution in [3.8, 4) is 104 Å². The van der Waals surface area contributed by atoms with E-state index >= 15 is 0 Å². The SMILES string of the molecule is N#Cc1cc(C#N)c(-c2ccc3c(c2)c2ccccc2n3-c2ccc(-c3ccc(C(F)(F)F)cc3C#N)cc2-c2ccc(C#N)cc2-n2c3ccccc3c3cc(-c4c(C#N)cc(C#N)cc4C#N)ccc32)c(C#N)c1. The van der Waals surface area contributed by atoms with Gasteiger partial charge in [0.25, 0.3) is 0 Å². The molecule has 11 rings (SSSR count). The molecule has 0 N–H and O–H groups in total. The van der Waals surface area contributed by atoms with Crippen LogP contribution < -0.4 is 0 Å². The summed E-state index contributed by atoms with van der Waals surface area (Å²) < 4.78 is 46.3. The number of benzene rings is 9. The van der Waals surface area contributed by atoms with Gasteiger partial charge >= 0.3 is 6.18 Å². The van der Waals surface area contributed by atoms with Gasteiger partial charge in [-0.15, -0.1) is 0 Å². The Bertz CT molecular complexity index is 4680. The number of para-hydroxylation sites is 2. The first-order valence-corrected chi connectivity index (χ1v) is 23.1. The fourth-order valence-corrected chi connectivity index (χ4v) is 10.4. The van der Waals surface area contributed by atoms with Crippen molar-refractivity contribution in [3.63, 3.8) is 0 Å². The Labute approximate surface area is 430 Å². The Morgan fingerprint density at radius 3 is 1.24 bits per heavy atom. The fourth-order valence-electron chi connectivity index (χ4n) is 10.4. The molecule has 0 atom stereocenters. The molecule has 0 spiro atoms. The lowest BCUT2D eigenvalue weighted by Crippen LogP contribution is -2.05. The average molecular weight is 981 g/mol. The van der Waals surface area contributed by atoms with Gasteiger partial charge in [-0.2, -0.15) is 55.3 Å². The van der Waals surface area contributed by atoms with Crippen LogP contribution >= 0.6 is 0 Å². The third-order valence-corrected chi connectivity index (χ3v) is 13.6. The van der Waals surface area contributed by atoms with Gasteiger partial charge in [0.2, 0.25) is 0 Å². The van der Waals surface area contributed by atoms with Crippen LogP contribution in [0.1, 0.15) is 50.1 Å². The first-order chi connectivity index (χ1) is 36.9. The van der Waals surface area contributed by atoms with Crippen LogP contribution in [-0.4, -0.2) is 9.13 Å². The second-order valence-corrected chi connectivity index (χ2v) is 17.7. The minimum absolute atomic E-state index is 0.150. The molecule has 2 heterocycles. The molecule has 13 heteroatoms. The zero-order valence-corrected chi connectivity index (χ0v) is 39.2. The average Bonchev–Trinajstić information content (AvgIpc) is 4.06. The van der Waals surface area contributed by atoms with Gasteiger partial charge in [0.1, 0.15) is 0 Å². The molecule has 76 heavy (non-hydrogen) atoms. The molecule has 0 amide bonds. The second kappa shape index (κ2) is 18.2. The molecule has 0 saturated heterocycles. The van der Waals surface area contributed by atoms with Gasteiger partial charge in [0.05, 0.1) is 132 Å². The van der Waals surface area contributed by atoms with Gasteiger partial charge in [-0.25, -0.2) is 0 Å². The number of hydrogen-bond acceptors (Lipinski definition) is 8. The van der Waals surface area contributed by atoms with E-state index in [1.807, 2.05) is 118 Å². The van der Waals surface area contributed by atoms with Crippen molar-refractivity contribution in [2.45, 2.75) is 6.18 Å². The number of alkyl halides is 3. The predicted octanol–water partition coefficient (Wildman–Crippen LogP) is 14.5. The van der Waals surface area contributed by atoms with Crippen LogP contribution in [0.25, 0.3) is 99.5 Å². The molecule has 0 fully saturated rings. The Morgan fingerprint density at radius 1 is 0.316 bits per heavy atom. The van der Waals surface area contributed by atoms with Crippen molar-refractivity contribution in [1.82, 2.24) is 9.13 Å². The van der Waals surface area contributed by atoms with E-state index in [1.165, 1.54) is 30.3 Å². The third kappa shape index (κ3) is 7.44. The standard InChI is InChI=1S/C63H27F3N10/c64-63(65,66)47-13-15-48(42(24-47)31-70)39-10-16-57(75-55-7-3-1-5-49(55)53-26-40(11-17-58(53)75)61-43(32-71)19-37(29-68)20-44(61)33-72)52(25-39)51-14-9-36(28-67)23-60(51)76-56-8-4-2-6-50(56)54-27-41(12-18-59(54)76)62-45(34-73)21-38(30-69)22-46(62)35-74/h1-27H. The summed E-state index contributed by atoms with van der Waals surface area (Å²) in [6, 6.07) is 62.7. The van der Waals surface area contributed by atoms with E-state index in [4.69, 9.17) is 0 Å². The molecule has 350 valence electrons. The van der Waals surface area contributed by atoms with Crippen molar-refractivity contribution in [2.75, 3.05) is 0 Å². The molecule has 2 aromatic heterocycles. The Hall–Kier alpha value is -11.7. The van der Waals surface area contributed by atoms with Gasteiger partial charge in [-0.1, -0.05) is 66.7 Å². The predicted molar refractivity (Wildman–Crippen MR) is 280 cm³/mol. The van der Waals surface area contributed by atoms with Crippen LogP contribution in [0.3, 0.4) is 0 Å². The minimum atomic E-state index is -4.71. The zero-order chi connectivity index (χ0) is 53.0. The lowest BCUT2D eigenvalue weighted by molar-refractivity contribution is -0.137. The molecule has 0 bridgehead atoms. The summed E-state index contributed by atoms with van der Waals surface area (Å²) in [6.07, 6.45) is -4.71. The van der Waals surface area contributed by atoms with E-state index in [2.05, 4.69) is 30.3 Å². The molecule has 9 aromatic carbocycles. The van der Waals surface area contributed by atoms with Gasteiger partial charge < -0.3 is 9.13 Å². The highest BCUT2D eigenvalue weighted by Gasteiger charge is 2.32. The van der Waals surface area contributed by atoms with Crippen LogP contribution in [0.2, 0.25) is 0 Å². The molecule has 0 saturated carbocycles. The maximum absolute atomic E-state index is 14.1. The Morgan fingerprint density at radius 2 is 0.763 bits per heavy atom. The number of nitrogens with zero attached hydrogens (tertiary/aromatic N) is 10. The summed E-state index contributed by atoms with van der Waals surface area (Å²) >= 11 is 0. The van der Waals surface area contributed by atoms with Crippen molar-refractivity contribution in [3.05, 3.63) is 214 Å². The first-order valence-electron chi connectivity index (χ1n) is 23.1. The molecule has 11 aromatic rings. The zero-order valence-electron chi connectivity index (χ0n) is 39.2. The number of nitriles is 8. The summed E-state index contributed by atoms with van der Waals surface area (Å²) in [7, 11) is 0. The molecule has 0 aliphatic carbocycles. The maximum Gasteiger partial charge on any atom is 0.416 e. The first kappa shape index (κ1) is 46.7. The Balaban J connectivity index is 1.22. The van der Waals surface area contributed by atoms with Gasteiger partial charge in [-0.05, 0) is 119 Å². The highest BCUT2D eigenvalue weighted by atomic mass is 19.4. The quantitative estimate of drug-likeness (QED) is 0.157. The minimum Gasteiger partial charge on any atom is -0.309 e. The van der Waals surface area contributed by atoms with Crippen LogP contribution in [0.4, 0.5) is 13.2 Å². The topological polar surface area (TPSA) is 200 Å². The maximum atomic E-state index is 14.1.